The first-order valence-electron chi connectivity index (χ1n) is 6.76. The predicted octanol–water partition coefficient (Wildman–Crippen LogP) is 2.52. The summed E-state index contributed by atoms with van der Waals surface area (Å²) in [5, 5.41) is 4.36. The van der Waals surface area contributed by atoms with Crippen molar-refractivity contribution in [1.82, 2.24) is 10.3 Å². The van der Waals surface area contributed by atoms with Gasteiger partial charge in [-0.05, 0) is 29.7 Å². The summed E-state index contributed by atoms with van der Waals surface area (Å²) >= 11 is 0. The number of aromatic nitrogens is 1. The Morgan fingerprint density at radius 3 is 2.85 bits per heavy atom. The van der Waals surface area contributed by atoms with Crippen molar-refractivity contribution >= 4 is 16.9 Å². The smallest absolute Gasteiger partial charge is 0.323 e. The second-order valence-electron chi connectivity index (χ2n) is 5.16. The van der Waals surface area contributed by atoms with Crippen LogP contribution in [0.1, 0.15) is 19.4 Å². The molecular formula is C16H20N2O2. The molecular weight excluding hydrogens is 252 g/mol. The van der Waals surface area contributed by atoms with Crippen molar-refractivity contribution in [2.24, 2.45) is 5.92 Å². The third-order valence-corrected chi connectivity index (χ3v) is 3.32. The van der Waals surface area contributed by atoms with Crippen LogP contribution in [-0.2, 0) is 16.1 Å². The van der Waals surface area contributed by atoms with E-state index in [-0.39, 0.29) is 17.9 Å². The maximum atomic E-state index is 11.7. The molecule has 0 unspecified atom stereocenters. The minimum Gasteiger partial charge on any atom is -0.468 e. The standard InChI is InChI=1S/C16H20N2O2/c1-11(2)15(16(19)20-3)18-10-12-6-7-14-13(9-12)5-4-8-17-14/h4-9,11,15,18H,10H2,1-3H3/t15-/m0/s1. The molecule has 2 rings (SSSR count). The van der Waals surface area contributed by atoms with Gasteiger partial charge in [0, 0.05) is 18.1 Å². The lowest BCUT2D eigenvalue weighted by Crippen LogP contribution is -2.41. The number of ether oxygens (including phenoxy) is 1. The number of rotatable bonds is 5. The van der Waals surface area contributed by atoms with Crippen LogP contribution >= 0.6 is 0 Å². The van der Waals surface area contributed by atoms with Gasteiger partial charge in [0.15, 0.2) is 0 Å². The normalized spacial score (nSPS) is 12.6. The maximum absolute atomic E-state index is 11.7. The lowest BCUT2D eigenvalue weighted by atomic mass is 10.0. The summed E-state index contributed by atoms with van der Waals surface area (Å²) in [7, 11) is 1.42. The fraction of sp³-hybridized carbons (Fsp3) is 0.375. The highest BCUT2D eigenvalue weighted by molar-refractivity contribution is 5.79. The summed E-state index contributed by atoms with van der Waals surface area (Å²) in [4.78, 5) is 16.0. The maximum Gasteiger partial charge on any atom is 0.323 e. The number of carbonyl (C=O) groups excluding carboxylic acids is 1. The molecule has 0 spiro atoms. The number of hydrogen-bond donors (Lipinski definition) is 1. The second kappa shape index (κ2) is 6.48. The van der Waals surface area contributed by atoms with Crippen LogP contribution in [0.25, 0.3) is 10.9 Å². The Labute approximate surface area is 119 Å². The van der Waals surface area contributed by atoms with Gasteiger partial charge in [0.05, 0.1) is 12.6 Å². The van der Waals surface area contributed by atoms with Gasteiger partial charge in [-0.3, -0.25) is 9.78 Å². The van der Waals surface area contributed by atoms with Crippen molar-refractivity contribution in [3.63, 3.8) is 0 Å². The van der Waals surface area contributed by atoms with Crippen LogP contribution in [0, 0.1) is 5.92 Å². The summed E-state index contributed by atoms with van der Waals surface area (Å²) in [5.41, 5.74) is 2.10. The molecule has 4 nitrogen and oxygen atoms in total. The number of pyridine rings is 1. The number of nitrogens with zero attached hydrogens (tertiary/aromatic N) is 1. The Morgan fingerprint density at radius 2 is 2.15 bits per heavy atom. The third kappa shape index (κ3) is 3.33. The highest BCUT2D eigenvalue weighted by Gasteiger charge is 2.21. The summed E-state index contributed by atoms with van der Waals surface area (Å²) in [6.07, 6.45) is 1.78. The molecule has 0 radical (unpaired) electrons. The van der Waals surface area contributed by atoms with E-state index in [1.165, 1.54) is 7.11 Å². The van der Waals surface area contributed by atoms with Crippen molar-refractivity contribution in [2.75, 3.05) is 7.11 Å². The Kier molecular flexibility index (Phi) is 4.69. The molecule has 1 aromatic carbocycles. The lowest BCUT2D eigenvalue weighted by molar-refractivity contribution is -0.144. The van der Waals surface area contributed by atoms with E-state index in [1.54, 1.807) is 6.20 Å². The van der Waals surface area contributed by atoms with Gasteiger partial charge in [-0.25, -0.2) is 0 Å². The largest absolute Gasteiger partial charge is 0.468 e. The zero-order valence-corrected chi connectivity index (χ0v) is 12.1. The molecule has 1 aromatic heterocycles. The van der Waals surface area contributed by atoms with Crippen LogP contribution in [0.4, 0.5) is 0 Å². The number of methoxy groups -OCH3 is 1. The van der Waals surface area contributed by atoms with Gasteiger partial charge >= 0.3 is 5.97 Å². The number of hydrogen-bond acceptors (Lipinski definition) is 4. The van der Waals surface area contributed by atoms with Gasteiger partial charge < -0.3 is 10.1 Å². The molecule has 0 amide bonds. The highest BCUT2D eigenvalue weighted by Crippen LogP contribution is 2.14. The molecule has 1 atom stereocenters. The molecule has 1 heterocycles. The van der Waals surface area contributed by atoms with E-state index in [4.69, 9.17) is 4.74 Å². The van der Waals surface area contributed by atoms with E-state index in [2.05, 4.69) is 16.4 Å². The molecule has 0 saturated carbocycles. The number of esters is 1. The monoisotopic (exact) mass is 272 g/mol. The van der Waals surface area contributed by atoms with Crippen LogP contribution < -0.4 is 5.32 Å². The summed E-state index contributed by atoms with van der Waals surface area (Å²) < 4.78 is 4.82. The third-order valence-electron chi connectivity index (χ3n) is 3.32. The second-order valence-corrected chi connectivity index (χ2v) is 5.16. The van der Waals surface area contributed by atoms with Crippen molar-refractivity contribution < 1.29 is 9.53 Å². The van der Waals surface area contributed by atoms with E-state index in [9.17, 15) is 4.79 Å². The average molecular weight is 272 g/mol. The lowest BCUT2D eigenvalue weighted by Gasteiger charge is -2.19. The minimum absolute atomic E-state index is 0.185. The first-order valence-corrected chi connectivity index (χ1v) is 6.76. The summed E-state index contributed by atoms with van der Waals surface area (Å²) in [6, 6.07) is 9.77. The molecule has 0 aliphatic rings. The van der Waals surface area contributed by atoms with Crippen LogP contribution in [0.2, 0.25) is 0 Å². The zero-order chi connectivity index (χ0) is 14.5. The van der Waals surface area contributed by atoms with Gasteiger partial charge in [-0.1, -0.05) is 26.0 Å². The van der Waals surface area contributed by atoms with Crippen LogP contribution in [-0.4, -0.2) is 24.1 Å². The molecule has 0 fully saturated rings. The van der Waals surface area contributed by atoms with Crippen molar-refractivity contribution in [1.29, 1.82) is 0 Å². The Balaban J connectivity index is 2.09. The molecule has 1 N–H and O–H groups in total. The Bertz CT molecular complexity index is 596. The molecule has 20 heavy (non-hydrogen) atoms. The number of fused-ring (bicyclic) bond motifs is 1. The van der Waals surface area contributed by atoms with Crippen LogP contribution in [0.15, 0.2) is 36.5 Å². The molecule has 0 saturated heterocycles. The molecule has 106 valence electrons. The molecule has 2 aromatic rings. The van der Waals surface area contributed by atoms with E-state index < -0.39 is 0 Å². The molecule has 0 bridgehead atoms. The van der Waals surface area contributed by atoms with Gasteiger partial charge in [-0.2, -0.15) is 0 Å². The zero-order valence-electron chi connectivity index (χ0n) is 12.1. The Hall–Kier alpha value is -1.94. The van der Waals surface area contributed by atoms with Gasteiger partial charge in [-0.15, -0.1) is 0 Å². The van der Waals surface area contributed by atoms with Crippen LogP contribution in [0.5, 0.6) is 0 Å². The van der Waals surface area contributed by atoms with E-state index in [1.807, 2.05) is 38.1 Å². The van der Waals surface area contributed by atoms with Crippen molar-refractivity contribution in [3.8, 4) is 0 Å². The fourth-order valence-electron chi connectivity index (χ4n) is 2.18. The molecule has 4 heteroatoms. The fourth-order valence-corrected chi connectivity index (χ4v) is 2.18. The number of benzene rings is 1. The molecule has 0 aliphatic carbocycles. The first kappa shape index (κ1) is 14.5. The first-order chi connectivity index (χ1) is 9.61. The average Bonchev–Trinajstić information content (AvgIpc) is 2.46. The van der Waals surface area contributed by atoms with Crippen molar-refractivity contribution in [3.05, 3.63) is 42.1 Å². The van der Waals surface area contributed by atoms with Crippen molar-refractivity contribution in [2.45, 2.75) is 26.4 Å². The van der Waals surface area contributed by atoms with E-state index in [0.717, 1.165) is 16.5 Å². The topological polar surface area (TPSA) is 51.2 Å². The highest BCUT2D eigenvalue weighted by atomic mass is 16.5. The number of nitrogens with one attached hydrogen (secondary N) is 1. The van der Waals surface area contributed by atoms with Gasteiger partial charge in [0.25, 0.3) is 0 Å². The van der Waals surface area contributed by atoms with Gasteiger partial charge in [0.1, 0.15) is 6.04 Å². The minimum atomic E-state index is -0.287. The molecule has 0 aliphatic heterocycles. The van der Waals surface area contributed by atoms with Gasteiger partial charge in [0.2, 0.25) is 0 Å². The van der Waals surface area contributed by atoms with Crippen LogP contribution in [0.3, 0.4) is 0 Å². The quantitative estimate of drug-likeness (QED) is 0.850. The Morgan fingerprint density at radius 1 is 1.35 bits per heavy atom. The summed E-state index contributed by atoms with van der Waals surface area (Å²) in [6.45, 7) is 4.63. The SMILES string of the molecule is COC(=O)[C@@H](NCc1ccc2ncccc2c1)C(C)C. The number of carbonyl (C=O) groups is 1. The predicted molar refractivity (Wildman–Crippen MR) is 79.2 cm³/mol. The van der Waals surface area contributed by atoms with E-state index >= 15 is 0 Å². The summed E-state index contributed by atoms with van der Waals surface area (Å²) in [5.74, 6) is -0.0352. The van der Waals surface area contributed by atoms with E-state index in [0.29, 0.717) is 6.54 Å².